The zero-order chi connectivity index (χ0) is 20.6. The standard InChI is InChI=1S/C21H21Cl3N2O2S/c22-16-12-18(24)20(13-17(16)23)29(27,28)25-9-1-2-10-26-11-8-15-5-3-4-14-6-7-19(26)21(14)15/h1-5,12-13,19,25H,6-11H2/b2-1+. The van der Waals surface area contributed by atoms with Crippen LogP contribution in [0.4, 0.5) is 0 Å². The molecule has 1 aliphatic carbocycles. The number of rotatable bonds is 6. The zero-order valence-corrected chi connectivity index (χ0v) is 18.8. The van der Waals surface area contributed by atoms with Crippen LogP contribution in [0.3, 0.4) is 0 Å². The van der Waals surface area contributed by atoms with Crippen LogP contribution in [0.25, 0.3) is 0 Å². The third-order valence-corrected chi connectivity index (χ3v) is 8.19. The van der Waals surface area contributed by atoms with E-state index in [4.69, 9.17) is 34.8 Å². The Hall–Kier alpha value is -1.08. The van der Waals surface area contributed by atoms with Crippen molar-refractivity contribution in [3.63, 3.8) is 0 Å². The average molecular weight is 472 g/mol. The van der Waals surface area contributed by atoms with Gasteiger partial charge in [-0.05, 0) is 48.1 Å². The first kappa shape index (κ1) is 21.2. The molecule has 0 bridgehead atoms. The van der Waals surface area contributed by atoms with Gasteiger partial charge in [-0.3, -0.25) is 4.90 Å². The molecule has 0 saturated heterocycles. The maximum atomic E-state index is 12.5. The van der Waals surface area contributed by atoms with E-state index in [-0.39, 0.29) is 26.5 Å². The Morgan fingerprint density at radius 3 is 2.55 bits per heavy atom. The molecule has 4 rings (SSSR count). The van der Waals surface area contributed by atoms with Gasteiger partial charge in [0, 0.05) is 25.7 Å². The summed E-state index contributed by atoms with van der Waals surface area (Å²) in [5, 5.41) is 0.405. The molecule has 2 aromatic rings. The van der Waals surface area contributed by atoms with Crippen molar-refractivity contribution in [1.82, 2.24) is 9.62 Å². The summed E-state index contributed by atoms with van der Waals surface area (Å²) in [6.07, 6.45) is 7.21. The monoisotopic (exact) mass is 470 g/mol. The van der Waals surface area contributed by atoms with E-state index in [1.165, 1.54) is 28.8 Å². The first-order valence-corrected chi connectivity index (χ1v) is 12.1. The van der Waals surface area contributed by atoms with Crippen LogP contribution >= 0.6 is 34.8 Å². The molecule has 2 aliphatic rings. The van der Waals surface area contributed by atoms with Crippen molar-refractivity contribution < 1.29 is 8.42 Å². The Balaban J connectivity index is 1.36. The molecule has 29 heavy (non-hydrogen) atoms. The third-order valence-electron chi connectivity index (χ3n) is 5.58. The minimum atomic E-state index is -3.77. The normalized spacial score (nSPS) is 19.1. The topological polar surface area (TPSA) is 49.4 Å². The van der Waals surface area contributed by atoms with Gasteiger partial charge < -0.3 is 0 Å². The molecule has 0 fully saturated rings. The SMILES string of the molecule is O=S(=O)(NC/C=C/CN1CCc2cccc3c2C1CC3)c1cc(Cl)c(Cl)cc1Cl. The van der Waals surface area contributed by atoms with E-state index in [2.05, 4.69) is 27.8 Å². The largest absolute Gasteiger partial charge is 0.292 e. The Morgan fingerprint density at radius 1 is 1.03 bits per heavy atom. The minimum absolute atomic E-state index is 0.0416. The highest BCUT2D eigenvalue weighted by Gasteiger charge is 2.32. The number of hydrogen-bond donors (Lipinski definition) is 1. The first-order valence-electron chi connectivity index (χ1n) is 9.51. The second kappa shape index (κ2) is 8.58. The molecule has 0 aromatic heterocycles. The quantitative estimate of drug-likeness (QED) is 0.475. The van der Waals surface area contributed by atoms with E-state index in [9.17, 15) is 8.42 Å². The van der Waals surface area contributed by atoms with Gasteiger partial charge in [0.15, 0.2) is 0 Å². The van der Waals surface area contributed by atoms with Crippen LogP contribution in [-0.2, 0) is 22.9 Å². The lowest BCUT2D eigenvalue weighted by atomic mass is 9.93. The molecular formula is C21H21Cl3N2O2S. The Labute approximate surface area is 186 Å². The second-order valence-electron chi connectivity index (χ2n) is 7.31. The molecule has 8 heteroatoms. The molecule has 154 valence electrons. The third kappa shape index (κ3) is 4.36. The highest BCUT2D eigenvalue weighted by molar-refractivity contribution is 7.89. The summed E-state index contributed by atoms with van der Waals surface area (Å²) in [5.41, 5.74) is 4.48. The minimum Gasteiger partial charge on any atom is -0.292 e. The van der Waals surface area contributed by atoms with E-state index in [1.54, 1.807) is 0 Å². The zero-order valence-electron chi connectivity index (χ0n) is 15.7. The number of benzene rings is 2. The molecule has 1 aliphatic heterocycles. The maximum Gasteiger partial charge on any atom is 0.242 e. The van der Waals surface area contributed by atoms with Gasteiger partial charge in [0.05, 0.1) is 15.1 Å². The van der Waals surface area contributed by atoms with Crippen molar-refractivity contribution >= 4 is 44.8 Å². The molecule has 1 heterocycles. The summed E-state index contributed by atoms with van der Waals surface area (Å²) < 4.78 is 27.5. The van der Waals surface area contributed by atoms with Gasteiger partial charge >= 0.3 is 0 Å². The molecule has 4 nitrogen and oxygen atoms in total. The number of nitrogens with zero attached hydrogens (tertiary/aromatic N) is 1. The van der Waals surface area contributed by atoms with Crippen molar-refractivity contribution in [2.24, 2.45) is 0 Å². The first-order chi connectivity index (χ1) is 13.9. The fourth-order valence-corrected chi connectivity index (χ4v) is 6.19. The van der Waals surface area contributed by atoms with Crippen LogP contribution in [0.2, 0.25) is 15.1 Å². The highest BCUT2D eigenvalue weighted by Crippen LogP contribution is 2.41. The fraction of sp³-hybridized carbons (Fsp3) is 0.333. The van der Waals surface area contributed by atoms with Gasteiger partial charge in [0.1, 0.15) is 4.90 Å². The number of hydrogen-bond acceptors (Lipinski definition) is 3. The van der Waals surface area contributed by atoms with Gasteiger partial charge in [-0.2, -0.15) is 0 Å². The number of aryl methyl sites for hydroxylation is 1. The van der Waals surface area contributed by atoms with Gasteiger partial charge in [-0.25, -0.2) is 13.1 Å². The van der Waals surface area contributed by atoms with Crippen LogP contribution in [0.5, 0.6) is 0 Å². The Kier molecular flexibility index (Phi) is 6.26. The van der Waals surface area contributed by atoms with E-state index in [1.807, 2.05) is 12.2 Å². The lowest BCUT2D eigenvalue weighted by Gasteiger charge is -2.34. The molecule has 0 radical (unpaired) electrons. The van der Waals surface area contributed by atoms with E-state index in [0.29, 0.717) is 6.04 Å². The van der Waals surface area contributed by atoms with Gasteiger partial charge in [-0.1, -0.05) is 65.2 Å². The fourth-order valence-electron chi connectivity index (χ4n) is 4.21. The number of sulfonamides is 1. The molecule has 1 N–H and O–H groups in total. The second-order valence-corrected chi connectivity index (χ2v) is 10.3. The smallest absolute Gasteiger partial charge is 0.242 e. The van der Waals surface area contributed by atoms with E-state index >= 15 is 0 Å². The predicted octanol–water partition coefficient (Wildman–Crippen LogP) is 5.03. The molecular weight excluding hydrogens is 451 g/mol. The van der Waals surface area contributed by atoms with Crippen molar-refractivity contribution in [3.8, 4) is 0 Å². The van der Waals surface area contributed by atoms with Gasteiger partial charge in [-0.15, -0.1) is 0 Å². The Morgan fingerprint density at radius 2 is 1.76 bits per heavy atom. The summed E-state index contributed by atoms with van der Waals surface area (Å²) in [4.78, 5) is 2.40. The summed E-state index contributed by atoms with van der Waals surface area (Å²) in [6, 6.07) is 9.72. The summed E-state index contributed by atoms with van der Waals surface area (Å²) >= 11 is 17.8. The lowest BCUT2D eigenvalue weighted by Crippen LogP contribution is -2.34. The van der Waals surface area contributed by atoms with Gasteiger partial charge in [0.25, 0.3) is 0 Å². The summed E-state index contributed by atoms with van der Waals surface area (Å²) in [5.74, 6) is 0. The summed E-state index contributed by atoms with van der Waals surface area (Å²) in [7, 11) is -3.77. The van der Waals surface area contributed by atoms with Crippen LogP contribution in [0.1, 0.15) is 29.2 Å². The van der Waals surface area contributed by atoms with E-state index < -0.39 is 10.0 Å². The highest BCUT2D eigenvalue weighted by atomic mass is 35.5. The van der Waals surface area contributed by atoms with Gasteiger partial charge in [0.2, 0.25) is 10.0 Å². The lowest BCUT2D eigenvalue weighted by molar-refractivity contribution is 0.207. The maximum absolute atomic E-state index is 12.5. The molecule has 0 spiro atoms. The Bertz CT molecular complexity index is 1070. The van der Waals surface area contributed by atoms with Crippen molar-refractivity contribution in [1.29, 1.82) is 0 Å². The molecule has 2 aromatic carbocycles. The van der Waals surface area contributed by atoms with Crippen LogP contribution in [-0.4, -0.2) is 33.0 Å². The summed E-state index contributed by atoms with van der Waals surface area (Å²) in [6.45, 7) is 2.00. The van der Waals surface area contributed by atoms with Crippen molar-refractivity contribution in [2.75, 3.05) is 19.6 Å². The van der Waals surface area contributed by atoms with E-state index in [0.717, 1.165) is 32.4 Å². The number of nitrogens with one attached hydrogen (secondary N) is 1. The van der Waals surface area contributed by atoms with Crippen LogP contribution < -0.4 is 4.72 Å². The average Bonchev–Trinajstić information content (AvgIpc) is 3.12. The van der Waals surface area contributed by atoms with Crippen LogP contribution in [0.15, 0.2) is 47.4 Å². The van der Waals surface area contributed by atoms with Crippen molar-refractivity contribution in [2.45, 2.75) is 30.2 Å². The number of halogens is 3. The van der Waals surface area contributed by atoms with Crippen molar-refractivity contribution in [3.05, 3.63) is 74.2 Å². The predicted molar refractivity (Wildman–Crippen MR) is 119 cm³/mol. The molecule has 1 atom stereocenters. The molecule has 1 unspecified atom stereocenters. The van der Waals surface area contributed by atoms with Crippen LogP contribution in [0, 0.1) is 0 Å². The molecule has 0 amide bonds. The molecule has 0 saturated carbocycles.